The highest BCUT2D eigenvalue weighted by Crippen LogP contribution is 2.35. The van der Waals surface area contributed by atoms with Gasteiger partial charge in [0.2, 0.25) is 5.91 Å². The minimum absolute atomic E-state index is 0.0215. The molecular weight excluding hydrogens is 352 g/mol. The maximum absolute atomic E-state index is 12.5. The molecule has 2 aromatic heterocycles. The van der Waals surface area contributed by atoms with Crippen molar-refractivity contribution in [2.45, 2.75) is 45.3 Å². The highest BCUT2D eigenvalue weighted by molar-refractivity contribution is 7.14. The molecule has 1 atom stereocenters. The fourth-order valence-electron chi connectivity index (χ4n) is 3.22. The lowest BCUT2D eigenvalue weighted by Crippen LogP contribution is -2.35. The van der Waals surface area contributed by atoms with E-state index in [4.69, 9.17) is 5.73 Å². The van der Waals surface area contributed by atoms with E-state index < -0.39 is 0 Å². The fourth-order valence-corrected chi connectivity index (χ4v) is 4.29. The van der Waals surface area contributed by atoms with Crippen molar-refractivity contribution in [1.82, 2.24) is 25.0 Å². The van der Waals surface area contributed by atoms with Crippen LogP contribution in [0.25, 0.3) is 0 Å². The van der Waals surface area contributed by atoms with Gasteiger partial charge in [-0.15, -0.1) is 21.5 Å². The van der Waals surface area contributed by atoms with E-state index in [1.54, 1.807) is 6.33 Å². The number of nitrogens with zero attached hydrogens (tertiary/aromatic N) is 4. The molecule has 1 aliphatic heterocycles. The summed E-state index contributed by atoms with van der Waals surface area (Å²) in [5.74, 6) is 0.566. The summed E-state index contributed by atoms with van der Waals surface area (Å²) in [6, 6.07) is 3.78. The quantitative estimate of drug-likeness (QED) is 0.758. The van der Waals surface area contributed by atoms with Gasteiger partial charge >= 0.3 is 0 Å². The van der Waals surface area contributed by atoms with E-state index in [1.165, 1.54) is 11.3 Å². The number of hydrogen-bond donors (Lipinski definition) is 2. The Morgan fingerprint density at radius 2 is 2.27 bits per heavy atom. The Kier molecular flexibility index (Phi) is 6.00. The molecular formula is C17H24N6O2S. The molecule has 1 saturated heterocycles. The second-order valence-electron chi connectivity index (χ2n) is 6.27. The van der Waals surface area contributed by atoms with Crippen LogP contribution in [0, 0.1) is 0 Å². The standard InChI is InChI=1S/C17H24N6O2S/c1-2-7-22-11-20-21-15(22)10-19-17(25)14-6-5-13(26-14)12-4-3-8-23(12)16(24)9-18/h5-6,11-12H,2-4,7-10,18H2,1H3,(H,19,25). The number of amides is 2. The van der Waals surface area contributed by atoms with Gasteiger partial charge < -0.3 is 20.5 Å². The van der Waals surface area contributed by atoms with Crippen molar-refractivity contribution in [3.8, 4) is 0 Å². The van der Waals surface area contributed by atoms with Crippen molar-refractivity contribution in [3.63, 3.8) is 0 Å². The Morgan fingerprint density at radius 1 is 1.42 bits per heavy atom. The third-order valence-corrected chi connectivity index (χ3v) is 5.68. The van der Waals surface area contributed by atoms with E-state index in [9.17, 15) is 9.59 Å². The summed E-state index contributed by atoms with van der Waals surface area (Å²) in [4.78, 5) is 27.9. The van der Waals surface area contributed by atoms with Crippen molar-refractivity contribution in [1.29, 1.82) is 0 Å². The molecule has 0 aromatic carbocycles. The zero-order valence-corrected chi connectivity index (χ0v) is 15.7. The van der Waals surface area contributed by atoms with Crippen LogP contribution in [-0.2, 0) is 17.9 Å². The molecule has 140 valence electrons. The zero-order chi connectivity index (χ0) is 18.5. The highest BCUT2D eigenvalue weighted by atomic mass is 32.1. The van der Waals surface area contributed by atoms with E-state index in [2.05, 4.69) is 22.4 Å². The van der Waals surface area contributed by atoms with Crippen molar-refractivity contribution >= 4 is 23.2 Å². The molecule has 2 amide bonds. The Balaban J connectivity index is 1.63. The van der Waals surface area contributed by atoms with Crippen LogP contribution >= 0.6 is 11.3 Å². The van der Waals surface area contributed by atoms with Crippen molar-refractivity contribution in [2.24, 2.45) is 5.73 Å². The van der Waals surface area contributed by atoms with Crippen LogP contribution in [0.3, 0.4) is 0 Å². The van der Waals surface area contributed by atoms with Crippen LogP contribution in [0.5, 0.6) is 0 Å². The van der Waals surface area contributed by atoms with Crippen LogP contribution in [-0.4, -0.2) is 44.6 Å². The average molecular weight is 376 g/mol. The lowest BCUT2D eigenvalue weighted by atomic mass is 10.2. The number of aromatic nitrogens is 3. The third kappa shape index (κ3) is 3.94. The molecule has 1 unspecified atom stereocenters. The molecule has 0 bridgehead atoms. The topological polar surface area (TPSA) is 106 Å². The van der Waals surface area contributed by atoms with E-state index in [0.717, 1.165) is 43.1 Å². The molecule has 0 saturated carbocycles. The van der Waals surface area contributed by atoms with E-state index in [0.29, 0.717) is 11.4 Å². The number of carbonyl (C=O) groups is 2. The summed E-state index contributed by atoms with van der Waals surface area (Å²) < 4.78 is 1.94. The Bertz CT molecular complexity index is 771. The molecule has 26 heavy (non-hydrogen) atoms. The Hall–Kier alpha value is -2.26. The molecule has 0 spiro atoms. The van der Waals surface area contributed by atoms with Crippen LogP contribution in [0.4, 0.5) is 0 Å². The van der Waals surface area contributed by atoms with Crippen molar-refractivity contribution in [2.75, 3.05) is 13.1 Å². The van der Waals surface area contributed by atoms with E-state index in [1.807, 2.05) is 21.6 Å². The minimum atomic E-state index is -0.137. The minimum Gasteiger partial charge on any atom is -0.344 e. The number of hydrogen-bond acceptors (Lipinski definition) is 6. The molecule has 3 heterocycles. The highest BCUT2D eigenvalue weighted by Gasteiger charge is 2.30. The molecule has 8 nitrogen and oxygen atoms in total. The summed E-state index contributed by atoms with van der Waals surface area (Å²) >= 11 is 1.43. The molecule has 1 aliphatic rings. The Morgan fingerprint density at radius 3 is 3.04 bits per heavy atom. The Labute approximate surface area is 156 Å². The van der Waals surface area contributed by atoms with Crippen molar-refractivity contribution < 1.29 is 9.59 Å². The largest absolute Gasteiger partial charge is 0.344 e. The van der Waals surface area contributed by atoms with Gasteiger partial charge in [0, 0.05) is 18.0 Å². The number of carbonyl (C=O) groups excluding carboxylic acids is 2. The lowest BCUT2D eigenvalue weighted by Gasteiger charge is -2.23. The fraction of sp³-hybridized carbons (Fsp3) is 0.529. The maximum atomic E-state index is 12.5. The van der Waals surface area contributed by atoms with E-state index in [-0.39, 0.29) is 24.4 Å². The van der Waals surface area contributed by atoms with Crippen LogP contribution in [0.1, 0.15) is 52.6 Å². The average Bonchev–Trinajstić information content (AvgIpc) is 3.38. The monoisotopic (exact) mass is 376 g/mol. The summed E-state index contributed by atoms with van der Waals surface area (Å²) in [6.07, 6.45) is 4.53. The van der Waals surface area contributed by atoms with Crippen LogP contribution in [0.2, 0.25) is 0 Å². The molecule has 3 N–H and O–H groups in total. The van der Waals surface area contributed by atoms with Gasteiger partial charge in [0.15, 0.2) is 5.82 Å². The van der Waals surface area contributed by atoms with Gasteiger partial charge in [0.05, 0.1) is 24.0 Å². The number of likely N-dealkylation sites (tertiary alicyclic amines) is 1. The first-order valence-electron chi connectivity index (χ1n) is 8.88. The number of thiophene rings is 1. The number of aryl methyl sites for hydroxylation is 1. The number of nitrogens with one attached hydrogen (secondary N) is 1. The predicted molar refractivity (Wildman–Crippen MR) is 98.5 cm³/mol. The number of rotatable bonds is 7. The van der Waals surface area contributed by atoms with Crippen LogP contribution < -0.4 is 11.1 Å². The normalized spacial score (nSPS) is 16.8. The maximum Gasteiger partial charge on any atom is 0.261 e. The van der Waals surface area contributed by atoms with Gasteiger partial charge in [-0.05, 0) is 31.4 Å². The van der Waals surface area contributed by atoms with Gasteiger partial charge in [-0.25, -0.2) is 0 Å². The lowest BCUT2D eigenvalue weighted by molar-refractivity contribution is -0.130. The summed E-state index contributed by atoms with van der Waals surface area (Å²) in [5, 5.41) is 10.8. The van der Waals surface area contributed by atoms with Gasteiger partial charge in [0.1, 0.15) is 6.33 Å². The van der Waals surface area contributed by atoms with E-state index >= 15 is 0 Å². The SMILES string of the molecule is CCCn1cnnc1CNC(=O)c1ccc(C2CCCN2C(=O)CN)s1. The molecule has 0 aliphatic carbocycles. The summed E-state index contributed by atoms with van der Waals surface area (Å²) in [5.41, 5.74) is 5.50. The number of nitrogens with two attached hydrogens (primary N) is 1. The molecule has 9 heteroatoms. The van der Waals surface area contributed by atoms with Crippen molar-refractivity contribution in [3.05, 3.63) is 34.0 Å². The third-order valence-electron chi connectivity index (χ3n) is 4.49. The molecule has 2 aromatic rings. The van der Waals surface area contributed by atoms with Crippen LogP contribution in [0.15, 0.2) is 18.5 Å². The van der Waals surface area contributed by atoms with Gasteiger partial charge in [-0.3, -0.25) is 9.59 Å². The molecule has 3 rings (SSSR count). The van der Waals surface area contributed by atoms with Gasteiger partial charge in [0.25, 0.3) is 5.91 Å². The second-order valence-corrected chi connectivity index (χ2v) is 7.39. The van der Waals surface area contributed by atoms with Gasteiger partial charge in [-0.1, -0.05) is 6.92 Å². The first-order chi connectivity index (χ1) is 12.6. The van der Waals surface area contributed by atoms with Gasteiger partial charge in [-0.2, -0.15) is 0 Å². The smallest absolute Gasteiger partial charge is 0.261 e. The molecule has 0 radical (unpaired) electrons. The zero-order valence-electron chi connectivity index (χ0n) is 14.9. The predicted octanol–water partition coefficient (Wildman–Crippen LogP) is 1.30. The summed E-state index contributed by atoms with van der Waals surface area (Å²) in [6.45, 7) is 4.00. The first-order valence-corrected chi connectivity index (χ1v) is 9.69. The second kappa shape index (κ2) is 8.41. The first kappa shape index (κ1) is 18.5. The molecule has 1 fully saturated rings. The summed E-state index contributed by atoms with van der Waals surface area (Å²) in [7, 11) is 0.